The summed E-state index contributed by atoms with van der Waals surface area (Å²) in [7, 11) is 1.77. The molecule has 2 aliphatic heterocycles. The molecule has 2 aliphatic rings. The third-order valence-corrected chi connectivity index (χ3v) is 5.14. The Morgan fingerprint density at radius 2 is 1.85 bits per heavy atom. The van der Waals surface area contributed by atoms with E-state index in [-0.39, 0.29) is 25.0 Å². The van der Waals surface area contributed by atoms with Crippen LogP contribution in [0.3, 0.4) is 0 Å². The molecule has 1 aromatic rings. The minimum atomic E-state index is -0.0868. The van der Waals surface area contributed by atoms with Crippen molar-refractivity contribution in [3.63, 3.8) is 0 Å². The van der Waals surface area contributed by atoms with Crippen LogP contribution in [-0.4, -0.2) is 73.1 Å². The molecule has 2 amide bonds. The summed E-state index contributed by atoms with van der Waals surface area (Å²) in [4.78, 5) is 30.3. The Balaban J connectivity index is 1.43. The van der Waals surface area contributed by atoms with Crippen molar-refractivity contribution >= 4 is 11.8 Å². The Labute approximate surface area is 160 Å². The SMILES string of the molecule is CCCCN(C)C(=O)CC(=O)N1CCN(Cc2ccc3c(c2)OCO3)CC1. The number of unbranched alkanes of at least 4 members (excludes halogenated alkanes) is 1. The van der Waals surface area contributed by atoms with Crippen molar-refractivity contribution in [2.75, 3.05) is 46.6 Å². The second-order valence-corrected chi connectivity index (χ2v) is 7.19. The topological polar surface area (TPSA) is 62.3 Å². The molecule has 148 valence electrons. The molecule has 0 aromatic heterocycles. The highest BCUT2D eigenvalue weighted by molar-refractivity contribution is 5.96. The number of amides is 2. The van der Waals surface area contributed by atoms with E-state index < -0.39 is 0 Å². The van der Waals surface area contributed by atoms with Crippen LogP contribution in [-0.2, 0) is 16.1 Å². The van der Waals surface area contributed by atoms with Gasteiger partial charge in [0.1, 0.15) is 6.42 Å². The molecule has 0 radical (unpaired) electrons. The van der Waals surface area contributed by atoms with Gasteiger partial charge in [0.25, 0.3) is 0 Å². The van der Waals surface area contributed by atoms with Gasteiger partial charge in [0.05, 0.1) is 0 Å². The summed E-state index contributed by atoms with van der Waals surface area (Å²) in [5, 5.41) is 0. The number of fused-ring (bicyclic) bond motifs is 1. The van der Waals surface area contributed by atoms with Crippen molar-refractivity contribution < 1.29 is 19.1 Å². The van der Waals surface area contributed by atoms with Crippen LogP contribution in [0.5, 0.6) is 11.5 Å². The van der Waals surface area contributed by atoms with Gasteiger partial charge in [0.2, 0.25) is 18.6 Å². The van der Waals surface area contributed by atoms with Crippen LogP contribution in [0.15, 0.2) is 18.2 Å². The number of piperazine rings is 1. The van der Waals surface area contributed by atoms with E-state index in [2.05, 4.69) is 17.9 Å². The average molecular weight is 375 g/mol. The lowest BCUT2D eigenvalue weighted by Gasteiger charge is -2.35. The molecule has 0 spiro atoms. The Hall–Kier alpha value is -2.28. The first-order chi connectivity index (χ1) is 13.1. The third-order valence-electron chi connectivity index (χ3n) is 5.14. The fourth-order valence-corrected chi connectivity index (χ4v) is 3.35. The number of benzene rings is 1. The van der Waals surface area contributed by atoms with E-state index >= 15 is 0 Å². The fraction of sp³-hybridized carbons (Fsp3) is 0.600. The van der Waals surface area contributed by atoms with Crippen molar-refractivity contribution in [1.82, 2.24) is 14.7 Å². The highest BCUT2D eigenvalue weighted by Crippen LogP contribution is 2.32. The number of hydrogen-bond acceptors (Lipinski definition) is 5. The van der Waals surface area contributed by atoms with Gasteiger partial charge in [-0.05, 0) is 24.1 Å². The minimum absolute atomic E-state index is 0.0254. The van der Waals surface area contributed by atoms with Crippen molar-refractivity contribution in [2.45, 2.75) is 32.7 Å². The molecule has 0 unspecified atom stereocenters. The molecule has 3 rings (SSSR count). The molecular formula is C20H29N3O4. The number of hydrogen-bond donors (Lipinski definition) is 0. The van der Waals surface area contributed by atoms with Gasteiger partial charge in [-0.3, -0.25) is 14.5 Å². The maximum Gasteiger partial charge on any atom is 0.232 e. The first kappa shape index (κ1) is 19.5. The average Bonchev–Trinajstić information content (AvgIpc) is 3.14. The van der Waals surface area contributed by atoms with Gasteiger partial charge < -0.3 is 19.3 Å². The Kier molecular flexibility index (Phi) is 6.55. The molecule has 1 aromatic carbocycles. The van der Waals surface area contributed by atoms with Crippen molar-refractivity contribution in [3.05, 3.63) is 23.8 Å². The summed E-state index contributed by atoms with van der Waals surface area (Å²) in [5.74, 6) is 1.44. The second kappa shape index (κ2) is 9.08. The monoisotopic (exact) mass is 375 g/mol. The van der Waals surface area contributed by atoms with E-state index in [0.29, 0.717) is 19.6 Å². The van der Waals surface area contributed by atoms with Gasteiger partial charge in [-0.2, -0.15) is 0 Å². The molecular weight excluding hydrogens is 346 g/mol. The molecule has 7 nitrogen and oxygen atoms in total. The summed E-state index contributed by atoms with van der Waals surface area (Å²) in [5.41, 5.74) is 1.17. The first-order valence-electron chi connectivity index (χ1n) is 9.69. The maximum atomic E-state index is 12.4. The summed E-state index contributed by atoms with van der Waals surface area (Å²) < 4.78 is 10.8. The standard InChI is InChI=1S/C20H29N3O4/c1-3-4-7-21(2)19(24)13-20(25)23-10-8-22(9-11-23)14-16-5-6-17-18(12-16)27-15-26-17/h5-6,12H,3-4,7-11,13-15H2,1-2H3. The van der Waals surface area contributed by atoms with E-state index in [0.717, 1.165) is 44.0 Å². The van der Waals surface area contributed by atoms with E-state index in [9.17, 15) is 9.59 Å². The molecule has 0 atom stereocenters. The maximum absolute atomic E-state index is 12.4. The number of nitrogens with zero attached hydrogens (tertiary/aromatic N) is 3. The highest BCUT2D eigenvalue weighted by atomic mass is 16.7. The van der Waals surface area contributed by atoms with Gasteiger partial charge in [0, 0.05) is 46.3 Å². The Morgan fingerprint density at radius 3 is 2.59 bits per heavy atom. The lowest BCUT2D eigenvalue weighted by atomic mass is 10.1. The molecule has 2 heterocycles. The van der Waals surface area contributed by atoms with E-state index in [4.69, 9.17) is 9.47 Å². The van der Waals surface area contributed by atoms with Gasteiger partial charge in [-0.15, -0.1) is 0 Å². The Morgan fingerprint density at radius 1 is 1.11 bits per heavy atom. The van der Waals surface area contributed by atoms with Gasteiger partial charge in [-0.1, -0.05) is 19.4 Å². The van der Waals surface area contributed by atoms with Crippen LogP contribution < -0.4 is 9.47 Å². The molecule has 7 heteroatoms. The van der Waals surface area contributed by atoms with Gasteiger partial charge in [0.15, 0.2) is 11.5 Å². The summed E-state index contributed by atoms with van der Waals surface area (Å²) in [6.07, 6.45) is 1.98. The number of carbonyl (C=O) groups excluding carboxylic acids is 2. The summed E-state index contributed by atoms with van der Waals surface area (Å²) in [6, 6.07) is 6.01. The van der Waals surface area contributed by atoms with Gasteiger partial charge >= 0.3 is 0 Å². The molecule has 0 saturated carbocycles. The van der Waals surface area contributed by atoms with Crippen LogP contribution in [0.1, 0.15) is 31.7 Å². The zero-order valence-corrected chi connectivity index (χ0v) is 16.3. The minimum Gasteiger partial charge on any atom is -0.454 e. The molecule has 1 fully saturated rings. The molecule has 0 aliphatic carbocycles. The van der Waals surface area contributed by atoms with Crippen LogP contribution in [0, 0.1) is 0 Å². The zero-order valence-electron chi connectivity index (χ0n) is 16.3. The van der Waals surface area contributed by atoms with Crippen LogP contribution >= 0.6 is 0 Å². The summed E-state index contributed by atoms with van der Waals surface area (Å²) in [6.45, 7) is 6.84. The largest absolute Gasteiger partial charge is 0.454 e. The fourth-order valence-electron chi connectivity index (χ4n) is 3.35. The normalized spacial score (nSPS) is 16.4. The molecule has 27 heavy (non-hydrogen) atoms. The molecule has 0 bridgehead atoms. The first-order valence-corrected chi connectivity index (χ1v) is 9.69. The zero-order chi connectivity index (χ0) is 19.2. The third kappa shape index (κ3) is 5.13. The van der Waals surface area contributed by atoms with Crippen LogP contribution in [0.25, 0.3) is 0 Å². The van der Waals surface area contributed by atoms with E-state index in [1.807, 2.05) is 17.0 Å². The van der Waals surface area contributed by atoms with Crippen LogP contribution in [0.2, 0.25) is 0 Å². The van der Waals surface area contributed by atoms with E-state index in [1.165, 1.54) is 5.56 Å². The van der Waals surface area contributed by atoms with E-state index in [1.54, 1.807) is 11.9 Å². The van der Waals surface area contributed by atoms with Crippen molar-refractivity contribution in [1.29, 1.82) is 0 Å². The van der Waals surface area contributed by atoms with Crippen molar-refractivity contribution in [2.24, 2.45) is 0 Å². The molecule has 1 saturated heterocycles. The predicted octanol–water partition coefficient (Wildman–Crippen LogP) is 1.71. The quantitative estimate of drug-likeness (QED) is 0.679. The smallest absolute Gasteiger partial charge is 0.232 e. The Bertz CT molecular complexity index is 671. The lowest BCUT2D eigenvalue weighted by molar-refractivity contribution is -0.141. The van der Waals surface area contributed by atoms with Crippen molar-refractivity contribution in [3.8, 4) is 11.5 Å². The summed E-state index contributed by atoms with van der Waals surface area (Å²) >= 11 is 0. The number of rotatable bonds is 7. The van der Waals surface area contributed by atoms with Crippen LogP contribution in [0.4, 0.5) is 0 Å². The number of carbonyl (C=O) groups is 2. The lowest BCUT2D eigenvalue weighted by Crippen LogP contribution is -2.49. The number of ether oxygens (including phenoxy) is 2. The predicted molar refractivity (Wildman–Crippen MR) is 102 cm³/mol. The highest BCUT2D eigenvalue weighted by Gasteiger charge is 2.24. The second-order valence-electron chi connectivity index (χ2n) is 7.19. The van der Waals surface area contributed by atoms with Gasteiger partial charge in [-0.25, -0.2) is 0 Å². The molecule has 0 N–H and O–H groups in total.